The Bertz CT molecular complexity index is 274. The highest BCUT2D eigenvalue weighted by Gasteiger charge is 2.26. The highest BCUT2D eigenvalue weighted by Crippen LogP contribution is 2.18. The molecule has 4 nitrogen and oxygen atoms in total. The van der Waals surface area contributed by atoms with E-state index in [0.717, 1.165) is 13.0 Å². The van der Waals surface area contributed by atoms with Crippen molar-refractivity contribution in [3.63, 3.8) is 0 Å². The molecule has 118 valence electrons. The summed E-state index contributed by atoms with van der Waals surface area (Å²) in [6.45, 7) is 10.7. The van der Waals surface area contributed by atoms with Crippen LogP contribution in [0.1, 0.15) is 39.5 Å². The van der Waals surface area contributed by atoms with Crippen LogP contribution in [0.4, 0.5) is 0 Å². The zero-order valence-electron chi connectivity index (χ0n) is 13.6. The molecule has 0 aromatic rings. The molecule has 3 atom stereocenters. The number of nitrogens with one attached hydrogen (secondary N) is 1. The van der Waals surface area contributed by atoms with Gasteiger partial charge in [-0.1, -0.05) is 20.3 Å². The van der Waals surface area contributed by atoms with Gasteiger partial charge in [-0.05, 0) is 32.2 Å². The zero-order chi connectivity index (χ0) is 14.5. The van der Waals surface area contributed by atoms with Crippen molar-refractivity contribution in [1.29, 1.82) is 0 Å². The predicted octanol–water partition coefficient (Wildman–Crippen LogP) is 1.12. The van der Waals surface area contributed by atoms with E-state index in [9.17, 15) is 0 Å². The molecular weight excluding hydrogens is 248 g/mol. The molecule has 0 amide bonds. The maximum absolute atomic E-state index is 6.09. The van der Waals surface area contributed by atoms with Crippen molar-refractivity contribution < 1.29 is 0 Å². The van der Waals surface area contributed by atoms with Gasteiger partial charge in [-0.15, -0.1) is 0 Å². The van der Waals surface area contributed by atoms with Crippen molar-refractivity contribution in [3.8, 4) is 0 Å². The highest BCUT2D eigenvalue weighted by molar-refractivity contribution is 4.85. The molecule has 20 heavy (non-hydrogen) atoms. The van der Waals surface area contributed by atoms with E-state index in [2.05, 4.69) is 36.0 Å². The number of rotatable bonds is 5. The summed E-state index contributed by atoms with van der Waals surface area (Å²) in [5, 5.41) is 3.81. The molecule has 1 saturated carbocycles. The average molecular weight is 282 g/mol. The summed E-state index contributed by atoms with van der Waals surface area (Å²) in [5.74, 6) is 0.711. The minimum absolute atomic E-state index is 0.419. The SMILES string of the molecule is CC(C)C(CNC1CCCC(N)C1)N1CCN(C)CC1. The van der Waals surface area contributed by atoms with Gasteiger partial charge in [0.1, 0.15) is 0 Å². The first kappa shape index (κ1) is 16.2. The predicted molar refractivity (Wildman–Crippen MR) is 85.9 cm³/mol. The maximum Gasteiger partial charge on any atom is 0.0244 e. The van der Waals surface area contributed by atoms with E-state index in [4.69, 9.17) is 5.73 Å². The van der Waals surface area contributed by atoms with Gasteiger partial charge >= 0.3 is 0 Å². The Morgan fingerprint density at radius 2 is 1.85 bits per heavy atom. The van der Waals surface area contributed by atoms with E-state index >= 15 is 0 Å². The van der Waals surface area contributed by atoms with E-state index in [-0.39, 0.29) is 0 Å². The molecule has 2 aliphatic rings. The topological polar surface area (TPSA) is 44.5 Å². The van der Waals surface area contributed by atoms with Crippen LogP contribution in [-0.2, 0) is 0 Å². The first-order valence-corrected chi connectivity index (χ1v) is 8.48. The summed E-state index contributed by atoms with van der Waals surface area (Å²) < 4.78 is 0. The van der Waals surface area contributed by atoms with Gasteiger partial charge in [-0.25, -0.2) is 0 Å². The minimum atomic E-state index is 0.419. The Balaban J connectivity index is 1.80. The lowest BCUT2D eigenvalue weighted by atomic mass is 9.91. The standard InChI is InChI=1S/C16H34N4/c1-13(2)16(20-9-7-19(3)8-10-20)12-18-15-6-4-5-14(17)11-15/h13-16,18H,4-12,17H2,1-3H3. The van der Waals surface area contributed by atoms with Crippen LogP contribution in [0.5, 0.6) is 0 Å². The Morgan fingerprint density at radius 3 is 2.45 bits per heavy atom. The van der Waals surface area contributed by atoms with Crippen LogP contribution in [0.2, 0.25) is 0 Å². The second-order valence-corrected chi connectivity index (χ2v) is 7.18. The van der Waals surface area contributed by atoms with Gasteiger partial charge in [0.25, 0.3) is 0 Å². The first-order chi connectivity index (χ1) is 9.56. The molecule has 1 aliphatic carbocycles. The molecule has 3 N–H and O–H groups in total. The van der Waals surface area contributed by atoms with E-state index < -0.39 is 0 Å². The highest BCUT2D eigenvalue weighted by atomic mass is 15.3. The number of hydrogen-bond donors (Lipinski definition) is 2. The van der Waals surface area contributed by atoms with Gasteiger partial charge in [-0.3, -0.25) is 4.90 Å². The fourth-order valence-electron chi connectivity index (χ4n) is 3.64. The van der Waals surface area contributed by atoms with Crippen LogP contribution in [0.3, 0.4) is 0 Å². The van der Waals surface area contributed by atoms with E-state index in [1.54, 1.807) is 0 Å². The van der Waals surface area contributed by atoms with Crippen molar-refractivity contribution >= 4 is 0 Å². The second kappa shape index (κ2) is 7.74. The van der Waals surface area contributed by atoms with Crippen molar-refractivity contribution in [2.45, 2.75) is 57.7 Å². The molecule has 0 bridgehead atoms. The lowest BCUT2D eigenvalue weighted by molar-refractivity contribution is 0.0848. The molecule has 2 fully saturated rings. The third kappa shape index (κ3) is 4.69. The molecule has 1 aliphatic heterocycles. The normalized spacial score (nSPS) is 31.6. The molecular formula is C16H34N4. The summed E-state index contributed by atoms with van der Waals surface area (Å²) >= 11 is 0. The van der Waals surface area contributed by atoms with Gasteiger partial charge in [0.2, 0.25) is 0 Å². The van der Waals surface area contributed by atoms with Crippen LogP contribution in [0.15, 0.2) is 0 Å². The molecule has 0 aromatic carbocycles. The third-order valence-corrected chi connectivity index (χ3v) is 5.11. The average Bonchev–Trinajstić information content (AvgIpc) is 2.41. The number of likely N-dealkylation sites (N-methyl/N-ethyl adjacent to an activating group) is 1. The Kier molecular flexibility index (Phi) is 6.27. The molecule has 2 rings (SSSR count). The van der Waals surface area contributed by atoms with E-state index in [1.807, 2.05) is 0 Å². The molecule has 3 unspecified atom stereocenters. The Morgan fingerprint density at radius 1 is 1.15 bits per heavy atom. The van der Waals surface area contributed by atoms with Gasteiger partial charge in [0.15, 0.2) is 0 Å². The summed E-state index contributed by atoms with van der Waals surface area (Å²) in [6.07, 6.45) is 4.97. The van der Waals surface area contributed by atoms with Crippen molar-refractivity contribution in [2.24, 2.45) is 11.7 Å². The Labute approximate surface area is 125 Å². The van der Waals surface area contributed by atoms with Gasteiger partial charge in [-0.2, -0.15) is 0 Å². The molecule has 0 radical (unpaired) electrons. The van der Waals surface area contributed by atoms with Crippen molar-refractivity contribution in [1.82, 2.24) is 15.1 Å². The minimum Gasteiger partial charge on any atom is -0.328 e. The fraction of sp³-hybridized carbons (Fsp3) is 1.00. The summed E-state index contributed by atoms with van der Waals surface area (Å²) in [6, 6.07) is 1.73. The van der Waals surface area contributed by atoms with Crippen LogP contribution < -0.4 is 11.1 Å². The van der Waals surface area contributed by atoms with E-state index in [1.165, 1.54) is 45.4 Å². The van der Waals surface area contributed by atoms with Crippen LogP contribution in [0.25, 0.3) is 0 Å². The number of nitrogens with two attached hydrogens (primary N) is 1. The Hall–Kier alpha value is -0.160. The first-order valence-electron chi connectivity index (χ1n) is 8.48. The summed E-state index contributed by atoms with van der Waals surface area (Å²) in [4.78, 5) is 5.11. The van der Waals surface area contributed by atoms with Crippen molar-refractivity contribution in [2.75, 3.05) is 39.8 Å². The quantitative estimate of drug-likeness (QED) is 0.793. The van der Waals surface area contributed by atoms with E-state index in [0.29, 0.717) is 24.0 Å². The number of hydrogen-bond acceptors (Lipinski definition) is 4. The molecule has 0 aromatic heterocycles. The van der Waals surface area contributed by atoms with Crippen LogP contribution in [-0.4, -0.2) is 67.7 Å². The smallest absolute Gasteiger partial charge is 0.0244 e. The second-order valence-electron chi connectivity index (χ2n) is 7.18. The summed E-state index contributed by atoms with van der Waals surface area (Å²) in [5.41, 5.74) is 6.09. The maximum atomic E-state index is 6.09. The number of piperazine rings is 1. The van der Waals surface area contributed by atoms with Crippen LogP contribution >= 0.6 is 0 Å². The largest absolute Gasteiger partial charge is 0.328 e. The van der Waals surface area contributed by atoms with Crippen LogP contribution in [0, 0.1) is 5.92 Å². The summed E-state index contributed by atoms with van der Waals surface area (Å²) in [7, 11) is 2.23. The molecule has 4 heteroatoms. The third-order valence-electron chi connectivity index (χ3n) is 5.11. The molecule has 1 saturated heterocycles. The monoisotopic (exact) mass is 282 g/mol. The van der Waals surface area contributed by atoms with Gasteiger partial charge < -0.3 is 16.0 Å². The number of nitrogens with zero attached hydrogens (tertiary/aromatic N) is 2. The van der Waals surface area contributed by atoms with Crippen molar-refractivity contribution in [3.05, 3.63) is 0 Å². The zero-order valence-corrected chi connectivity index (χ0v) is 13.6. The van der Waals surface area contributed by atoms with Gasteiger partial charge in [0.05, 0.1) is 0 Å². The fourth-order valence-corrected chi connectivity index (χ4v) is 3.64. The lowest BCUT2D eigenvalue weighted by Gasteiger charge is -2.41. The van der Waals surface area contributed by atoms with Gasteiger partial charge in [0, 0.05) is 50.8 Å². The molecule has 0 spiro atoms. The lowest BCUT2D eigenvalue weighted by Crippen LogP contribution is -2.55. The molecule has 1 heterocycles.